The molecular weight excluding hydrogens is 256 g/mol. The molecule has 1 aliphatic heterocycles. The standard InChI is InChI=1S/C16H30O4/c1-8-10-12-16(9-2,20-19-12)13(17)18-15(6,7)11-14(3,4)5/h12H,8-11H2,1-7H3/t12-,16+/m0/s1. The van der Waals surface area contributed by atoms with E-state index in [1.54, 1.807) is 0 Å². The molecule has 0 bridgehead atoms. The van der Waals surface area contributed by atoms with Crippen LogP contribution in [0, 0.1) is 5.41 Å². The second-order valence-electron chi connectivity index (χ2n) is 7.59. The highest BCUT2D eigenvalue weighted by atomic mass is 17.3. The molecule has 20 heavy (non-hydrogen) atoms. The largest absolute Gasteiger partial charge is 0.457 e. The third kappa shape index (κ3) is 3.95. The smallest absolute Gasteiger partial charge is 0.345 e. The predicted octanol–water partition coefficient (Wildman–Crippen LogP) is 4.02. The second kappa shape index (κ2) is 6.02. The van der Waals surface area contributed by atoms with E-state index in [0.29, 0.717) is 6.42 Å². The molecule has 4 heteroatoms. The van der Waals surface area contributed by atoms with E-state index >= 15 is 0 Å². The van der Waals surface area contributed by atoms with Crippen LogP contribution in [0.25, 0.3) is 0 Å². The lowest BCUT2D eigenvalue weighted by Gasteiger charge is -2.45. The van der Waals surface area contributed by atoms with Crippen molar-refractivity contribution in [2.45, 2.75) is 91.5 Å². The number of carbonyl (C=O) groups excluding carboxylic acids is 1. The number of esters is 1. The fourth-order valence-electron chi connectivity index (χ4n) is 3.02. The van der Waals surface area contributed by atoms with Gasteiger partial charge < -0.3 is 4.74 Å². The van der Waals surface area contributed by atoms with Crippen LogP contribution in [-0.2, 0) is 19.3 Å². The van der Waals surface area contributed by atoms with Crippen molar-refractivity contribution in [2.75, 3.05) is 0 Å². The highest BCUT2D eigenvalue weighted by Gasteiger charge is 2.58. The fraction of sp³-hybridized carbons (Fsp3) is 0.938. The summed E-state index contributed by atoms with van der Waals surface area (Å²) in [5.41, 5.74) is -1.32. The molecule has 0 aromatic rings. The lowest BCUT2D eigenvalue weighted by Crippen LogP contribution is -2.62. The van der Waals surface area contributed by atoms with Crippen LogP contribution in [0.4, 0.5) is 0 Å². The van der Waals surface area contributed by atoms with Gasteiger partial charge >= 0.3 is 5.97 Å². The lowest BCUT2D eigenvalue weighted by molar-refractivity contribution is -0.499. The van der Waals surface area contributed by atoms with Crippen molar-refractivity contribution in [3.05, 3.63) is 0 Å². The van der Waals surface area contributed by atoms with Crippen molar-refractivity contribution in [2.24, 2.45) is 5.41 Å². The molecule has 1 saturated heterocycles. The van der Waals surface area contributed by atoms with Gasteiger partial charge in [0.05, 0.1) is 0 Å². The first-order valence-electron chi connectivity index (χ1n) is 7.64. The highest BCUT2D eigenvalue weighted by molar-refractivity contribution is 5.81. The molecule has 0 amide bonds. The number of hydrogen-bond acceptors (Lipinski definition) is 4. The molecule has 0 unspecified atom stereocenters. The predicted molar refractivity (Wildman–Crippen MR) is 78.1 cm³/mol. The molecule has 1 aliphatic rings. The van der Waals surface area contributed by atoms with Gasteiger partial charge in [0.2, 0.25) is 5.60 Å². The van der Waals surface area contributed by atoms with E-state index < -0.39 is 11.2 Å². The third-order valence-corrected chi connectivity index (χ3v) is 3.58. The van der Waals surface area contributed by atoms with Crippen LogP contribution in [0.5, 0.6) is 0 Å². The number of hydrogen-bond donors (Lipinski definition) is 0. The van der Waals surface area contributed by atoms with Gasteiger partial charge in [-0.05, 0) is 38.5 Å². The highest BCUT2D eigenvalue weighted by Crippen LogP contribution is 2.39. The van der Waals surface area contributed by atoms with Crippen LogP contribution in [0.2, 0.25) is 0 Å². The van der Waals surface area contributed by atoms with Crippen molar-refractivity contribution in [3.8, 4) is 0 Å². The number of rotatable bonds is 6. The van der Waals surface area contributed by atoms with E-state index in [2.05, 4.69) is 27.7 Å². The van der Waals surface area contributed by atoms with Gasteiger partial charge in [-0.1, -0.05) is 41.0 Å². The van der Waals surface area contributed by atoms with Crippen molar-refractivity contribution < 1.29 is 19.3 Å². The Balaban J connectivity index is 2.73. The summed E-state index contributed by atoms with van der Waals surface area (Å²) >= 11 is 0. The van der Waals surface area contributed by atoms with Gasteiger partial charge in [0.1, 0.15) is 11.7 Å². The maximum atomic E-state index is 12.5. The Bertz CT molecular complexity index is 339. The number of carbonyl (C=O) groups is 1. The van der Waals surface area contributed by atoms with Gasteiger partial charge in [0, 0.05) is 0 Å². The minimum absolute atomic E-state index is 0.100. The van der Waals surface area contributed by atoms with Gasteiger partial charge in [0.15, 0.2) is 0 Å². The Kier molecular flexibility index (Phi) is 5.25. The van der Waals surface area contributed by atoms with Crippen LogP contribution in [0.1, 0.15) is 74.1 Å². The van der Waals surface area contributed by atoms with Gasteiger partial charge in [-0.15, -0.1) is 0 Å². The topological polar surface area (TPSA) is 44.8 Å². The van der Waals surface area contributed by atoms with Crippen molar-refractivity contribution >= 4 is 5.97 Å². The quantitative estimate of drug-likeness (QED) is 0.546. The minimum atomic E-state index is -0.912. The van der Waals surface area contributed by atoms with Gasteiger partial charge in [0.25, 0.3) is 0 Å². The summed E-state index contributed by atoms with van der Waals surface area (Å²) in [7, 11) is 0. The summed E-state index contributed by atoms with van der Waals surface area (Å²) in [4.78, 5) is 22.8. The summed E-state index contributed by atoms with van der Waals surface area (Å²) in [6.45, 7) is 14.3. The normalized spacial score (nSPS) is 27.1. The first-order valence-corrected chi connectivity index (χ1v) is 7.64. The molecule has 1 rings (SSSR count). The molecule has 1 heterocycles. The first-order chi connectivity index (χ1) is 9.06. The third-order valence-electron chi connectivity index (χ3n) is 3.58. The second-order valence-corrected chi connectivity index (χ2v) is 7.59. The Morgan fingerprint density at radius 3 is 2.15 bits per heavy atom. The average molecular weight is 286 g/mol. The molecule has 0 aliphatic carbocycles. The Morgan fingerprint density at radius 2 is 1.80 bits per heavy atom. The fourth-order valence-corrected chi connectivity index (χ4v) is 3.02. The molecule has 0 aromatic carbocycles. The molecular formula is C16H30O4. The zero-order chi connectivity index (χ0) is 15.6. The molecule has 1 fully saturated rings. The van der Waals surface area contributed by atoms with Crippen LogP contribution >= 0.6 is 0 Å². The van der Waals surface area contributed by atoms with Crippen molar-refractivity contribution in [1.29, 1.82) is 0 Å². The van der Waals surface area contributed by atoms with E-state index in [1.165, 1.54) is 0 Å². The van der Waals surface area contributed by atoms with E-state index in [-0.39, 0.29) is 17.5 Å². The van der Waals surface area contributed by atoms with E-state index in [0.717, 1.165) is 19.3 Å². The first kappa shape index (κ1) is 17.4. The molecule has 4 nitrogen and oxygen atoms in total. The Labute approximate surface area is 123 Å². The summed E-state index contributed by atoms with van der Waals surface area (Å²) in [5.74, 6) is -0.293. The van der Waals surface area contributed by atoms with Gasteiger partial charge in [-0.2, -0.15) is 0 Å². The van der Waals surface area contributed by atoms with E-state index in [9.17, 15) is 4.79 Å². The SMILES string of the molecule is CCC[C@@H]1OO[C@@]1(CC)C(=O)OC(C)(C)CC(C)(C)C. The van der Waals surface area contributed by atoms with E-state index in [1.807, 2.05) is 20.8 Å². The van der Waals surface area contributed by atoms with Crippen LogP contribution < -0.4 is 0 Å². The van der Waals surface area contributed by atoms with Crippen LogP contribution in [0.3, 0.4) is 0 Å². The zero-order valence-electron chi connectivity index (χ0n) is 14.0. The van der Waals surface area contributed by atoms with E-state index in [4.69, 9.17) is 14.5 Å². The summed E-state index contributed by atoms with van der Waals surface area (Å²) in [5, 5.41) is 0. The maximum Gasteiger partial charge on any atom is 0.345 e. The summed E-state index contributed by atoms with van der Waals surface area (Å²) in [6.07, 6.45) is 2.94. The zero-order valence-corrected chi connectivity index (χ0v) is 14.0. The van der Waals surface area contributed by atoms with Crippen LogP contribution in [-0.4, -0.2) is 23.3 Å². The molecule has 2 atom stereocenters. The molecule has 118 valence electrons. The van der Waals surface area contributed by atoms with Crippen molar-refractivity contribution in [1.82, 2.24) is 0 Å². The lowest BCUT2D eigenvalue weighted by atomic mass is 9.83. The van der Waals surface area contributed by atoms with Crippen molar-refractivity contribution in [3.63, 3.8) is 0 Å². The van der Waals surface area contributed by atoms with Crippen LogP contribution in [0.15, 0.2) is 0 Å². The summed E-state index contributed by atoms with van der Waals surface area (Å²) in [6, 6.07) is 0. The molecule has 0 spiro atoms. The average Bonchev–Trinajstić information content (AvgIpc) is 2.21. The summed E-state index contributed by atoms with van der Waals surface area (Å²) < 4.78 is 5.74. The molecule has 0 N–H and O–H groups in total. The Hall–Kier alpha value is -0.610. The molecule has 0 saturated carbocycles. The monoisotopic (exact) mass is 286 g/mol. The minimum Gasteiger partial charge on any atom is -0.457 e. The molecule has 0 aromatic heterocycles. The molecule has 0 radical (unpaired) electrons. The number of ether oxygens (including phenoxy) is 1. The van der Waals surface area contributed by atoms with Gasteiger partial charge in [-0.3, -0.25) is 0 Å². The Morgan fingerprint density at radius 1 is 1.20 bits per heavy atom. The maximum absolute atomic E-state index is 12.5. The van der Waals surface area contributed by atoms with Gasteiger partial charge in [-0.25, -0.2) is 14.6 Å².